The summed E-state index contributed by atoms with van der Waals surface area (Å²) in [4.78, 5) is 30.6. The highest BCUT2D eigenvalue weighted by atomic mass is 16.3. The van der Waals surface area contributed by atoms with Crippen molar-refractivity contribution < 1.29 is 14.7 Å². The zero-order chi connectivity index (χ0) is 22.8. The molecule has 2 aromatic rings. The lowest BCUT2D eigenvalue weighted by Crippen LogP contribution is -2.46. The summed E-state index contributed by atoms with van der Waals surface area (Å²) in [5.74, 6) is 0.200. The highest BCUT2D eigenvalue weighted by molar-refractivity contribution is 5.97. The van der Waals surface area contributed by atoms with Crippen LogP contribution in [0.5, 0.6) is 0 Å². The Morgan fingerprint density at radius 1 is 0.939 bits per heavy atom. The molecule has 1 fully saturated rings. The van der Waals surface area contributed by atoms with E-state index in [-0.39, 0.29) is 11.8 Å². The number of carbonyl (C=O) groups excluding carboxylic acids is 2. The lowest BCUT2D eigenvalue weighted by Gasteiger charge is -2.35. The molecule has 1 saturated heterocycles. The fraction of sp³-hybridized carbons (Fsp3) is 0.481. The van der Waals surface area contributed by atoms with E-state index in [0.29, 0.717) is 19.6 Å². The monoisotopic (exact) mass is 447 g/mol. The van der Waals surface area contributed by atoms with Crippen molar-refractivity contribution in [2.45, 2.75) is 38.3 Å². The Balaban J connectivity index is 1.18. The Morgan fingerprint density at radius 2 is 1.70 bits per heavy atom. The van der Waals surface area contributed by atoms with Crippen LogP contribution in [-0.2, 0) is 24.2 Å². The van der Waals surface area contributed by atoms with Gasteiger partial charge in [-0.15, -0.1) is 0 Å². The molecule has 1 atom stereocenters. The summed E-state index contributed by atoms with van der Waals surface area (Å²) in [6, 6.07) is 14.6. The number of piperidine rings is 1. The van der Waals surface area contributed by atoms with Gasteiger partial charge in [0.1, 0.15) is 6.29 Å². The molecule has 0 radical (unpaired) electrons. The molecule has 3 aliphatic rings. The maximum Gasteiger partial charge on any atom is 0.254 e. The number of aliphatic hydroxyl groups excluding tert-OH is 1. The predicted octanol–water partition coefficient (Wildman–Crippen LogP) is 2.52. The molecule has 5 rings (SSSR count). The van der Waals surface area contributed by atoms with Crippen LogP contribution in [0, 0.1) is 5.92 Å². The summed E-state index contributed by atoms with van der Waals surface area (Å²) in [5.41, 5.74) is 5.73. The average Bonchev–Trinajstić information content (AvgIpc) is 2.85. The van der Waals surface area contributed by atoms with Crippen LogP contribution in [0.1, 0.15) is 39.9 Å². The van der Waals surface area contributed by atoms with Crippen molar-refractivity contribution in [3.05, 3.63) is 64.7 Å². The van der Waals surface area contributed by atoms with Gasteiger partial charge in [-0.05, 0) is 60.6 Å². The van der Waals surface area contributed by atoms with Crippen LogP contribution in [0.25, 0.3) is 0 Å². The highest BCUT2D eigenvalue weighted by Gasteiger charge is 2.28. The minimum Gasteiger partial charge on any atom is -0.390 e. The van der Waals surface area contributed by atoms with E-state index < -0.39 is 6.10 Å². The van der Waals surface area contributed by atoms with E-state index in [2.05, 4.69) is 40.1 Å². The van der Waals surface area contributed by atoms with E-state index in [1.807, 2.05) is 12.1 Å². The lowest BCUT2D eigenvalue weighted by molar-refractivity contribution is -0.111. The third-order valence-electron chi connectivity index (χ3n) is 7.46. The second kappa shape index (κ2) is 9.65. The van der Waals surface area contributed by atoms with E-state index in [0.717, 1.165) is 75.0 Å². The van der Waals surface area contributed by atoms with Crippen molar-refractivity contribution in [3.63, 3.8) is 0 Å². The quantitative estimate of drug-likeness (QED) is 0.690. The zero-order valence-corrected chi connectivity index (χ0v) is 19.2. The molecular weight excluding hydrogens is 414 g/mol. The molecule has 0 aromatic heterocycles. The number of hydrogen-bond acceptors (Lipinski definition) is 5. The van der Waals surface area contributed by atoms with Crippen LogP contribution >= 0.6 is 0 Å². The SMILES string of the molecule is O=CC1CCN(c2ccc3c(c2)CCN(CC(O)CN2CCc4ccccc4C2)C3=O)CC1. The second-order valence-electron chi connectivity index (χ2n) is 9.71. The molecule has 0 spiro atoms. The molecule has 6 heteroatoms. The number of fused-ring (bicyclic) bond motifs is 2. The van der Waals surface area contributed by atoms with Gasteiger partial charge >= 0.3 is 0 Å². The van der Waals surface area contributed by atoms with Gasteiger partial charge in [0, 0.05) is 63.0 Å². The Kier molecular flexibility index (Phi) is 6.47. The number of amides is 1. The van der Waals surface area contributed by atoms with Gasteiger partial charge in [0.15, 0.2) is 0 Å². The summed E-state index contributed by atoms with van der Waals surface area (Å²) < 4.78 is 0. The van der Waals surface area contributed by atoms with E-state index in [9.17, 15) is 14.7 Å². The van der Waals surface area contributed by atoms with E-state index in [1.54, 1.807) is 4.90 Å². The summed E-state index contributed by atoms with van der Waals surface area (Å²) >= 11 is 0. The number of rotatable bonds is 6. The minimum absolute atomic E-state index is 0.0190. The minimum atomic E-state index is -0.556. The molecule has 0 bridgehead atoms. The molecule has 0 aliphatic carbocycles. The van der Waals surface area contributed by atoms with E-state index >= 15 is 0 Å². The Morgan fingerprint density at radius 3 is 2.48 bits per heavy atom. The van der Waals surface area contributed by atoms with Crippen molar-refractivity contribution >= 4 is 17.9 Å². The summed E-state index contributed by atoms with van der Waals surface area (Å²) in [6.07, 6.45) is 4.13. The fourth-order valence-electron chi connectivity index (χ4n) is 5.51. The molecule has 1 N–H and O–H groups in total. The summed E-state index contributed by atoms with van der Waals surface area (Å²) in [7, 11) is 0. The molecule has 3 heterocycles. The second-order valence-corrected chi connectivity index (χ2v) is 9.71. The predicted molar refractivity (Wildman–Crippen MR) is 128 cm³/mol. The van der Waals surface area contributed by atoms with Crippen LogP contribution in [0.4, 0.5) is 5.69 Å². The Hall–Kier alpha value is -2.70. The van der Waals surface area contributed by atoms with Crippen molar-refractivity contribution in [1.29, 1.82) is 0 Å². The molecule has 0 saturated carbocycles. The van der Waals surface area contributed by atoms with Gasteiger partial charge < -0.3 is 19.7 Å². The van der Waals surface area contributed by atoms with Crippen molar-refractivity contribution in [1.82, 2.24) is 9.80 Å². The van der Waals surface area contributed by atoms with Crippen LogP contribution in [0.3, 0.4) is 0 Å². The number of nitrogens with zero attached hydrogens (tertiary/aromatic N) is 3. The van der Waals surface area contributed by atoms with Gasteiger partial charge in [-0.25, -0.2) is 0 Å². The largest absolute Gasteiger partial charge is 0.390 e. The first-order valence-corrected chi connectivity index (χ1v) is 12.2. The number of aliphatic hydroxyl groups is 1. The number of anilines is 1. The summed E-state index contributed by atoms with van der Waals surface area (Å²) in [5, 5.41) is 10.8. The molecule has 33 heavy (non-hydrogen) atoms. The fourth-order valence-corrected chi connectivity index (χ4v) is 5.51. The number of aldehydes is 1. The highest BCUT2D eigenvalue weighted by Crippen LogP contribution is 2.28. The number of carbonyl (C=O) groups is 2. The molecule has 6 nitrogen and oxygen atoms in total. The van der Waals surface area contributed by atoms with E-state index in [4.69, 9.17) is 0 Å². The first kappa shape index (κ1) is 22.1. The van der Waals surface area contributed by atoms with Crippen molar-refractivity contribution in [3.8, 4) is 0 Å². The van der Waals surface area contributed by atoms with Gasteiger partial charge in [0.2, 0.25) is 0 Å². The van der Waals surface area contributed by atoms with Crippen molar-refractivity contribution in [2.75, 3.05) is 44.2 Å². The first-order valence-electron chi connectivity index (χ1n) is 12.2. The van der Waals surface area contributed by atoms with Gasteiger partial charge in [-0.3, -0.25) is 9.69 Å². The lowest BCUT2D eigenvalue weighted by atomic mass is 9.95. The third-order valence-corrected chi connectivity index (χ3v) is 7.46. The smallest absolute Gasteiger partial charge is 0.254 e. The van der Waals surface area contributed by atoms with Gasteiger partial charge in [0.05, 0.1) is 6.10 Å². The number of benzene rings is 2. The maximum atomic E-state index is 13.1. The van der Waals surface area contributed by atoms with Crippen LogP contribution in [0.15, 0.2) is 42.5 Å². The normalized spacial score (nSPS) is 20.3. The Labute approximate surface area is 195 Å². The number of hydrogen-bond donors (Lipinski definition) is 1. The van der Waals surface area contributed by atoms with Crippen LogP contribution in [-0.4, -0.2) is 72.5 Å². The van der Waals surface area contributed by atoms with Gasteiger partial charge in [0.25, 0.3) is 5.91 Å². The van der Waals surface area contributed by atoms with Gasteiger partial charge in [-0.2, -0.15) is 0 Å². The van der Waals surface area contributed by atoms with Crippen molar-refractivity contribution in [2.24, 2.45) is 5.92 Å². The van der Waals surface area contributed by atoms with Crippen LogP contribution in [0.2, 0.25) is 0 Å². The van der Waals surface area contributed by atoms with Gasteiger partial charge in [-0.1, -0.05) is 24.3 Å². The molecule has 1 unspecified atom stereocenters. The first-order chi connectivity index (χ1) is 16.1. The zero-order valence-electron chi connectivity index (χ0n) is 19.2. The van der Waals surface area contributed by atoms with E-state index in [1.165, 1.54) is 11.1 Å². The summed E-state index contributed by atoms with van der Waals surface area (Å²) in [6.45, 7) is 5.17. The van der Waals surface area contributed by atoms with Crippen LogP contribution < -0.4 is 4.90 Å². The average molecular weight is 448 g/mol. The Bertz CT molecular complexity index is 1020. The molecule has 2 aromatic carbocycles. The topological polar surface area (TPSA) is 64.1 Å². The third kappa shape index (κ3) is 4.82. The number of β-amino-alcohol motifs (C(OH)–C–C–N with tert-alkyl or cyclic N) is 1. The molecule has 3 aliphatic heterocycles. The standard InChI is InChI=1S/C27H33N3O3/c31-19-20-7-12-29(13-8-20)24-5-6-26-22(15-24)10-14-30(27(26)33)18-25(32)17-28-11-9-21-3-1-2-4-23(21)16-28/h1-6,15,19-20,25,32H,7-14,16-18H2. The molecule has 1 amide bonds. The molecule has 174 valence electrons. The molecular formula is C27H33N3O3. The maximum absolute atomic E-state index is 13.1.